The molecular weight excluding hydrogens is 386 g/mol. The minimum Gasteiger partial charge on any atom is -0.489 e. The van der Waals surface area contributed by atoms with Crippen molar-refractivity contribution in [3.8, 4) is 11.5 Å². The van der Waals surface area contributed by atoms with Crippen LogP contribution in [0.2, 0.25) is 0 Å². The number of carbonyl (C=O) groups is 1. The van der Waals surface area contributed by atoms with Crippen LogP contribution in [0.1, 0.15) is 26.3 Å². The maximum atomic E-state index is 12.6. The van der Waals surface area contributed by atoms with Crippen molar-refractivity contribution in [2.45, 2.75) is 33.0 Å². The summed E-state index contributed by atoms with van der Waals surface area (Å²) in [4.78, 5) is 32.5. The van der Waals surface area contributed by atoms with Crippen LogP contribution in [0.3, 0.4) is 0 Å². The molecule has 0 aromatic heterocycles. The largest absolute Gasteiger partial charge is 0.489 e. The predicted octanol–water partition coefficient (Wildman–Crippen LogP) is 3.81. The van der Waals surface area contributed by atoms with Crippen molar-refractivity contribution in [1.29, 1.82) is 0 Å². The third-order valence-electron chi connectivity index (χ3n) is 4.31. The maximum absolute atomic E-state index is 12.6. The first kappa shape index (κ1) is 21.6. The third kappa shape index (κ3) is 6.18. The van der Waals surface area contributed by atoms with Crippen molar-refractivity contribution in [3.05, 3.63) is 59.0 Å². The normalized spacial score (nSPS) is 14.2. The fraction of sp³-hybridized carbons (Fsp3) is 0.409. The van der Waals surface area contributed by atoms with Gasteiger partial charge in [0.1, 0.15) is 12.4 Å². The molecule has 1 fully saturated rings. The lowest BCUT2D eigenvalue weighted by atomic mass is 10.2. The zero-order valence-electron chi connectivity index (χ0n) is 17.6. The Bertz CT molecular complexity index is 874. The zero-order chi connectivity index (χ0) is 21.6. The van der Waals surface area contributed by atoms with Crippen LogP contribution >= 0.6 is 0 Å². The highest BCUT2D eigenvalue weighted by molar-refractivity contribution is 5.72. The van der Waals surface area contributed by atoms with E-state index in [1.807, 2.05) is 30.3 Å². The number of hydrogen-bond donors (Lipinski definition) is 1. The first-order chi connectivity index (χ1) is 14.3. The molecule has 0 bridgehead atoms. The highest BCUT2D eigenvalue weighted by Gasteiger charge is 2.32. The van der Waals surface area contributed by atoms with Crippen LogP contribution in [-0.4, -0.2) is 47.7 Å². The number of amides is 1. The fourth-order valence-corrected chi connectivity index (χ4v) is 2.86. The van der Waals surface area contributed by atoms with Gasteiger partial charge < -0.3 is 19.7 Å². The molecule has 1 N–H and O–H groups in total. The number of nitrogens with one attached hydrogen (secondary N) is 1. The molecule has 0 saturated carbocycles. The van der Waals surface area contributed by atoms with Gasteiger partial charge in [-0.2, -0.15) is 0 Å². The van der Waals surface area contributed by atoms with E-state index in [9.17, 15) is 9.70 Å². The smallest absolute Gasteiger partial charge is 0.415 e. The Balaban J connectivity index is 1.80. The van der Waals surface area contributed by atoms with Crippen molar-refractivity contribution >= 4 is 11.8 Å². The van der Waals surface area contributed by atoms with Gasteiger partial charge in [0.25, 0.3) is 4.92 Å². The predicted molar refractivity (Wildman–Crippen MR) is 112 cm³/mol. The standard InChI is InChI=1S/C22H28N3O5/c1-22(2,3)30-25(27)19-10-9-18(28-16-17-7-5-4-6-8-17)15-20(19)29-21(26)24-13-11-23-12-14-24/h4-10,15,23H,11-14,16H2,1-3H3/q+1. The highest BCUT2D eigenvalue weighted by Crippen LogP contribution is 2.33. The number of rotatable bonds is 6. The summed E-state index contributed by atoms with van der Waals surface area (Å²) in [6.45, 7) is 8.12. The second-order valence-corrected chi connectivity index (χ2v) is 7.97. The van der Waals surface area contributed by atoms with Crippen LogP contribution in [0, 0.1) is 4.91 Å². The average molecular weight is 414 g/mol. The molecule has 0 unspecified atom stereocenters. The van der Waals surface area contributed by atoms with E-state index in [4.69, 9.17) is 14.3 Å². The molecule has 2 aromatic carbocycles. The van der Waals surface area contributed by atoms with Crippen molar-refractivity contribution in [3.63, 3.8) is 0 Å². The van der Waals surface area contributed by atoms with Gasteiger partial charge in [-0.15, -0.1) is 0 Å². The summed E-state index contributed by atoms with van der Waals surface area (Å²) in [5.41, 5.74) is 0.396. The summed E-state index contributed by atoms with van der Waals surface area (Å²) in [5, 5.41) is 3.18. The fourth-order valence-electron chi connectivity index (χ4n) is 2.86. The topological polar surface area (TPSA) is 80.1 Å². The summed E-state index contributed by atoms with van der Waals surface area (Å²) >= 11 is 0. The minimum absolute atomic E-state index is 0.0864. The van der Waals surface area contributed by atoms with E-state index in [2.05, 4.69) is 5.32 Å². The number of piperazine rings is 1. The van der Waals surface area contributed by atoms with Crippen LogP contribution in [0.4, 0.5) is 10.5 Å². The lowest BCUT2D eigenvalue weighted by molar-refractivity contribution is -0.766. The summed E-state index contributed by atoms with van der Waals surface area (Å²) in [7, 11) is 0. The van der Waals surface area contributed by atoms with E-state index in [-0.39, 0.29) is 11.4 Å². The van der Waals surface area contributed by atoms with E-state index in [0.29, 0.717) is 43.5 Å². The molecule has 1 aliphatic rings. The molecule has 1 amide bonds. The van der Waals surface area contributed by atoms with Crippen LogP contribution in [0.15, 0.2) is 48.5 Å². The molecule has 1 aliphatic heterocycles. The quantitative estimate of drug-likeness (QED) is 0.724. The summed E-state index contributed by atoms with van der Waals surface area (Å²) in [5.74, 6) is 0.568. The number of benzene rings is 2. The lowest BCUT2D eigenvalue weighted by Gasteiger charge is -2.26. The van der Waals surface area contributed by atoms with Crippen molar-refractivity contribution in [1.82, 2.24) is 10.2 Å². The van der Waals surface area contributed by atoms with Gasteiger partial charge in [-0.05, 0) is 32.4 Å². The van der Waals surface area contributed by atoms with Crippen molar-refractivity contribution in [2.75, 3.05) is 26.2 Å². The SMILES string of the molecule is CC(C)(C)O[N+](=O)c1ccc(OCc2ccccc2)cc1OC(=O)N1CCNCC1. The van der Waals surface area contributed by atoms with E-state index >= 15 is 0 Å². The number of hydrogen-bond acceptors (Lipinski definition) is 6. The molecule has 0 radical (unpaired) electrons. The zero-order valence-corrected chi connectivity index (χ0v) is 17.6. The van der Waals surface area contributed by atoms with Gasteiger partial charge in [0.2, 0.25) is 5.75 Å². The van der Waals surface area contributed by atoms with E-state index in [1.54, 1.807) is 31.7 Å². The molecule has 1 heterocycles. The molecule has 160 valence electrons. The molecule has 0 spiro atoms. The van der Waals surface area contributed by atoms with Gasteiger partial charge >= 0.3 is 11.8 Å². The van der Waals surface area contributed by atoms with Crippen LogP contribution in [0.25, 0.3) is 0 Å². The Labute approximate surface area is 176 Å². The molecule has 0 aliphatic carbocycles. The second-order valence-electron chi connectivity index (χ2n) is 7.97. The molecule has 2 aromatic rings. The van der Waals surface area contributed by atoms with Crippen molar-refractivity contribution in [2.24, 2.45) is 0 Å². The molecular formula is C22H28N3O5+. The molecule has 0 atom stereocenters. The second kappa shape index (κ2) is 9.58. The number of carbonyl (C=O) groups excluding carboxylic acids is 1. The first-order valence-electron chi connectivity index (χ1n) is 9.96. The molecule has 8 heteroatoms. The van der Waals surface area contributed by atoms with E-state index < -0.39 is 11.7 Å². The van der Waals surface area contributed by atoms with E-state index in [1.165, 1.54) is 12.1 Å². The minimum atomic E-state index is -0.704. The van der Waals surface area contributed by atoms with Crippen LogP contribution in [-0.2, 0) is 11.4 Å². The summed E-state index contributed by atoms with van der Waals surface area (Å²) in [6, 6.07) is 14.4. The molecule has 1 saturated heterocycles. The average Bonchev–Trinajstić information content (AvgIpc) is 2.72. The van der Waals surface area contributed by atoms with Gasteiger partial charge in [0.05, 0.1) is 4.91 Å². The Morgan fingerprint density at radius 2 is 1.80 bits per heavy atom. The Hall–Kier alpha value is -3.13. The first-order valence-corrected chi connectivity index (χ1v) is 9.96. The number of nitrogens with zero attached hydrogens (tertiary/aromatic N) is 2. The molecule has 8 nitrogen and oxygen atoms in total. The summed E-state index contributed by atoms with van der Waals surface area (Å²) in [6.07, 6.45) is -0.512. The van der Waals surface area contributed by atoms with E-state index in [0.717, 1.165) is 5.56 Å². The van der Waals surface area contributed by atoms with Crippen LogP contribution in [0.5, 0.6) is 11.5 Å². The van der Waals surface area contributed by atoms with Crippen LogP contribution < -0.4 is 14.8 Å². The maximum Gasteiger partial charge on any atom is 0.415 e. The van der Waals surface area contributed by atoms with Gasteiger partial charge in [-0.25, -0.2) is 9.63 Å². The van der Waals surface area contributed by atoms with Gasteiger partial charge in [0, 0.05) is 38.3 Å². The Kier molecular flexibility index (Phi) is 6.89. The Morgan fingerprint density at radius 1 is 1.10 bits per heavy atom. The Morgan fingerprint density at radius 3 is 2.47 bits per heavy atom. The molecule has 30 heavy (non-hydrogen) atoms. The highest BCUT2D eigenvalue weighted by atomic mass is 16.8. The molecule has 3 rings (SSSR count). The van der Waals surface area contributed by atoms with Gasteiger partial charge in [-0.3, -0.25) is 0 Å². The van der Waals surface area contributed by atoms with Gasteiger partial charge in [0.15, 0.2) is 5.60 Å². The summed E-state index contributed by atoms with van der Waals surface area (Å²) < 4.78 is 11.4. The lowest BCUT2D eigenvalue weighted by Crippen LogP contribution is -2.47. The third-order valence-corrected chi connectivity index (χ3v) is 4.31. The van der Waals surface area contributed by atoms with Crippen molar-refractivity contribution < 1.29 is 24.0 Å². The number of ether oxygens (including phenoxy) is 2. The van der Waals surface area contributed by atoms with Gasteiger partial charge in [-0.1, -0.05) is 30.3 Å². The monoisotopic (exact) mass is 414 g/mol.